The molecule has 0 aliphatic heterocycles. The average molecular weight is 979 g/mol. The molecule has 8 bridgehead atoms. The minimum Gasteiger partial charge on any atom is -0.483 e. The maximum Gasteiger partial charge on any atom is 0.344 e. The van der Waals surface area contributed by atoms with Crippen LogP contribution < -0.4 is 29.6 Å². The number of aromatic nitrogens is 2. The highest BCUT2D eigenvalue weighted by atomic mass is 16.6. The van der Waals surface area contributed by atoms with Crippen molar-refractivity contribution in [3.63, 3.8) is 0 Å². The smallest absolute Gasteiger partial charge is 0.344 e. The van der Waals surface area contributed by atoms with Crippen molar-refractivity contribution >= 4 is 29.7 Å². The molecule has 2 amide bonds. The van der Waals surface area contributed by atoms with E-state index in [2.05, 4.69) is 20.6 Å². The predicted molar refractivity (Wildman–Crippen MR) is 266 cm³/mol. The van der Waals surface area contributed by atoms with Crippen LogP contribution in [0.5, 0.6) is 23.0 Å². The van der Waals surface area contributed by atoms with Gasteiger partial charge >= 0.3 is 17.9 Å². The third kappa shape index (κ3) is 14.0. The number of esters is 3. The topological polar surface area (TPSA) is 200 Å². The van der Waals surface area contributed by atoms with E-state index in [-0.39, 0.29) is 90.9 Å². The number of fused-ring (bicyclic) bond motifs is 8. The Morgan fingerprint density at radius 2 is 0.806 bits per heavy atom. The molecule has 0 atom stereocenters. The first-order valence-electron chi connectivity index (χ1n) is 23.9. The van der Waals surface area contributed by atoms with Crippen LogP contribution in [0, 0.1) is 6.92 Å². The molecule has 0 unspecified atom stereocenters. The number of hydrogen-bond acceptors (Lipinski definition) is 14. The first-order chi connectivity index (χ1) is 35.0. The maximum atomic E-state index is 13.5. The van der Waals surface area contributed by atoms with Crippen LogP contribution >= 0.6 is 0 Å². The Hall–Kier alpha value is -8.27. The van der Waals surface area contributed by atoms with E-state index in [0.29, 0.717) is 62.2 Å². The number of nitrogens with zero attached hydrogens (tertiary/aromatic N) is 2. The molecule has 6 aromatic rings. The van der Waals surface area contributed by atoms with E-state index in [4.69, 9.17) is 33.2 Å². The number of hydrogen-bond donors (Lipinski definition) is 2. The Kier molecular flexibility index (Phi) is 18.3. The van der Waals surface area contributed by atoms with Gasteiger partial charge in [-0.1, -0.05) is 72.8 Å². The Labute approximate surface area is 418 Å². The van der Waals surface area contributed by atoms with Crippen molar-refractivity contribution < 1.29 is 57.1 Å². The minimum atomic E-state index is -0.540. The van der Waals surface area contributed by atoms with Gasteiger partial charge in [-0.05, 0) is 102 Å². The fraction of sp³-hybridized carbons (Fsp3) is 0.304. The van der Waals surface area contributed by atoms with Gasteiger partial charge in [-0.25, -0.2) is 14.4 Å². The summed E-state index contributed by atoms with van der Waals surface area (Å²) in [7, 11) is 0. The molecule has 374 valence electrons. The Morgan fingerprint density at radius 1 is 0.458 bits per heavy atom. The summed E-state index contributed by atoms with van der Waals surface area (Å²) in [4.78, 5) is 73.7. The SMILES string of the molecule is CCOC(=O)COc1c2cccc1Cc1cccc(c1OCC(=O)OCC)Cc1cccc(c1OCC(=O)OCC)Cc1cccc(c1OCC(=O)NCCNC(=O)c1ccnc(-c3cc(C)ccn3)c1)C2. The first kappa shape index (κ1) is 51.6. The second-order valence-electron chi connectivity index (χ2n) is 16.7. The van der Waals surface area contributed by atoms with E-state index in [9.17, 15) is 24.0 Å². The fourth-order valence-corrected chi connectivity index (χ4v) is 8.29. The predicted octanol–water partition coefficient (Wildman–Crippen LogP) is 6.88. The monoisotopic (exact) mass is 978 g/mol. The number of rotatable bonds is 20. The maximum absolute atomic E-state index is 13.5. The largest absolute Gasteiger partial charge is 0.483 e. The van der Waals surface area contributed by atoms with Gasteiger partial charge in [0.2, 0.25) is 0 Å². The number of amides is 2. The Bertz CT molecular complexity index is 2790. The van der Waals surface area contributed by atoms with Crippen LogP contribution in [-0.2, 0) is 59.1 Å². The molecule has 1 aliphatic rings. The summed E-state index contributed by atoms with van der Waals surface area (Å²) in [5.41, 5.74) is 8.39. The van der Waals surface area contributed by atoms with Gasteiger partial charge in [0.05, 0.1) is 31.2 Å². The van der Waals surface area contributed by atoms with E-state index in [1.807, 2.05) is 91.9 Å². The third-order valence-corrected chi connectivity index (χ3v) is 11.4. The number of pyridine rings is 2. The highest BCUT2D eigenvalue weighted by Crippen LogP contribution is 2.39. The van der Waals surface area contributed by atoms with Crippen molar-refractivity contribution in [3.05, 3.63) is 165 Å². The average Bonchev–Trinajstić information content (AvgIpc) is 3.37. The summed E-state index contributed by atoms with van der Waals surface area (Å²) in [5.74, 6) is -0.572. The molecule has 16 nitrogen and oxygen atoms in total. The summed E-state index contributed by atoms with van der Waals surface area (Å²) in [6.45, 7) is 6.51. The molecule has 2 N–H and O–H groups in total. The van der Waals surface area contributed by atoms with Gasteiger partial charge < -0.3 is 43.8 Å². The van der Waals surface area contributed by atoms with Crippen molar-refractivity contribution in [3.8, 4) is 34.4 Å². The molecule has 72 heavy (non-hydrogen) atoms. The molecular weight excluding hydrogens is 921 g/mol. The lowest BCUT2D eigenvalue weighted by atomic mass is 9.91. The van der Waals surface area contributed by atoms with Gasteiger partial charge in [-0.2, -0.15) is 0 Å². The molecule has 0 saturated heterocycles. The second kappa shape index (κ2) is 25.5. The standard InChI is InChI=1S/C56H58N4O12/c1-5-66-49(62)33-70-53-39-14-9-16-41(53)29-43-18-11-19-44(55(43)72-35-51(64)68-7-3)30-42-17-10-15-40(54(42)71-34-50(63)67-6-2)28-38-13-8-12-37(27-39)52(38)69-32-48(61)59-24-25-60-56(65)45-21-23-58-47(31-45)46-26-36(4)20-22-57-46/h8-23,26,31H,5-7,24-25,27-30,32-35H2,1-4H3,(H,59,61)(H,60,65). The van der Waals surface area contributed by atoms with Crippen LogP contribution in [0.2, 0.25) is 0 Å². The number of para-hydroxylation sites is 4. The minimum absolute atomic E-state index is 0.124. The van der Waals surface area contributed by atoms with E-state index in [0.717, 1.165) is 27.8 Å². The van der Waals surface area contributed by atoms with Crippen LogP contribution in [0.25, 0.3) is 11.4 Å². The van der Waals surface area contributed by atoms with Crippen molar-refractivity contribution in [1.29, 1.82) is 0 Å². The van der Waals surface area contributed by atoms with Crippen molar-refractivity contribution in [2.24, 2.45) is 0 Å². The number of ether oxygens (including phenoxy) is 7. The summed E-state index contributed by atoms with van der Waals surface area (Å²) >= 11 is 0. The highest BCUT2D eigenvalue weighted by molar-refractivity contribution is 5.95. The zero-order chi connectivity index (χ0) is 50.8. The molecule has 0 fully saturated rings. The second-order valence-corrected chi connectivity index (χ2v) is 16.7. The quantitative estimate of drug-likeness (QED) is 0.0455. The molecule has 7 rings (SSSR count). The Balaban J connectivity index is 1.20. The third-order valence-electron chi connectivity index (χ3n) is 11.4. The van der Waals surface area contributed by atoms with Crippen LogP contribution in [0.1, 0.15) is 81.2 Å². The van der Waals surface area contributed by atoms with Crippen LogP contribution in [0.15, 0.2) is 109 Å². The van der Waals surface area contributed by atoms with Gasteiger partial charge in [0.1, 0.15) is 23.0 Å². The zero-order valence-corrected chi connectivity index (χ0v) is 40.9. The highest BCUT2D eigenvalue weighted by Gasteiger charge is 2.24. The van der Waals surface area contributed by atoms with Gasteiger partial charge in [-0.15, -0.1) is 0 Å². The summed E-state index contributed by atoms with van der Waals surface area (Å²) in [6, 6.07) is 29.9. The van der Waals surface area contributed by atoms with Gasteiger partial charge in [0, 0.05) is 56.7 Å². The lowest BCUT2D eigenvalue weighted by molar-refractivity contribution is -0.146. The van der Waals surface area contributed by atoms with Crippen molar-refractivity contribution in [1.82, 2.24) is 20.6 Å². The molecule has 0 spiro atoms. The lowest BCUT2D eigenvalue weighted by Crippen LogP contribution is -2.36. The number of nitrogens with one attached hydrogen (secondary N) is 2. The van der Waals surface area contributed by atoms with Gasteiger partial charge in [0.15, 0.2) is 26.4 Å². The Morgan fingerprint density at radius 3 is 1.18 bits per heavy atom. The van der Waals surface area contributed by atoms with E-state index >= 15 is 0 Å². The number of carbonyl (C=O) groups is 5. The van der Waals surface area contributed by atoms with Crippen LogP contribution in [0.4, 0.5) is 0 Å². The van der Waals surface area contributed by atoms with Crippen molar-refractivity contribution in [2.45, 2.75) is 53.4 Å². The summed E-state index contributed by atoms with van der Waals surface area (Å²) in [5, 5.41) is 5.69. The first-order valence-corrected chi connectivity index (χ1v) is 23.9. The molecule has 0 radical (unpaired) electrons. The van der Waals surface area contributed by atoms with Crippen LogP contribution in [0.3, 0.4) is 0 Å². The molecular formula is C56H58N4O12. The van der Waals surface area contributed by atoms with Crippen LogP contribution in [-0.4, -0.2) is 99.0 Å². The van der Waals surface area contributed by atoms with Gasteiger partial charge in [0.25, 0.3) is 11.8 Å². The van der Waals surface area contributed by atoms with Crippen molar-refractivity contribution in [2.75, 3.05) is 59.3 Å². The summed E-state index contributed by atoms with van der Waals surface area (Å²) in [6.07, 6.45) is 4.28. The molecule has 1 aliphatic carbocycles. The molecule has 4 aromatic carbocycles. The molecule has 2 aromatic heterocycles. The molecule has 16 heteroatoms. The van der Waals surface area contributed by atoms with E-state index < -0.39 is 23.8 Å². The summed E-state index contributed by atoms with van der Waals surface area (Å²) < 4.78 is 41.2. The van der Waals surface area contributed by atoms with E-state index in [1.54, 1.807) is 45.3 Å². The fourth-order valence-electron chi connectivity index (χ4n) is 8.29. The number of aryl methyl sites for hydroxylation is 1. The number of benzene rings is 4. The molecule has 2 heterocycles. The van der Waals surface area contributed by atoms with Gasteiger partial charge in [-0.3, -0.25) is 19.6 Å². The lowest BCUT2D eigenvalue weighted by Gasteiger charge is -2.22. The van der Waals surface area contributed by atoms with E-state index in [1.165, 1.54) is 0 Å². The normalized spacial score (nSPS) is 11.6. The molecule has 0 saturated carbocycles. The zero-order valence-electron chi connectivity index (χ0n) is 40.9. The number of carbonyl (C=O) groups excluding carboxylic acids is 5.